The molecule has 0 aliphatic rings. The van der Waals surface area contributed by atoms with Crippen LogP contribution >= 0.6 is 0 Å². The van der Waals surface area contributed by atoms with Gasteiger partial charge in [0.2, 0.25) is 0 Å². The zero-order chi connectivity index (χ0) is 33.2. The Morgan fingerprint density at radius 1 is 0.667 bits per heavy atom. The summed E-state index contributed by atoms with van der Waals surface area (Å²) in [6.45, 7) is 16.1. The Hall–Kier alpha value is -5.18. The Kier molecular flexibility index (Phi) is 11.4. The van der Waals surface area contributed by atoms with E-state index in [2.05, 4.69) is 13.2 Å². The molecular formula is C36H38O9. The molecular weight excluding hydrogens is 576 g/mol. The highest BCUT2D eigenvalue weighted by Crippen LogP contribution is 2.30. The fraction of sp³-hybridized carbons (Fsp3) is 0.278. The fourth-order valence-corrected chi connectivity index (χ4v) is 4.71. The van der Waals surface area contributed by atoms with Crippen molar-refractivity contribution < 1.29 is 42.9 Å². The SMILES string of the molecule is C=CC(=O)Oc1ccc(C(=O)Oc2ccc(OC(=O)c3ccc(OC(C)(C)CC(C)(C)OC(=O)C=C)cc3)cc2CCC)cc1. The first-order valence-electron chi connectivity index (χ1n) is 14.4. The number of carbonyl (C=O) groups is 4. The fourth-order valence-electron chi connectivity index (χ4n) is 4.71. The summed E-state index contributed by atoms with van der Waals surface area (Å²) in [5, 5.41) is 0. The van der Waals surface area contributed by atoms with Crippen molar-refractivity contribution in [2.45, 2.75) is 65.1 Å². The van der Waals surface area contributed by atoms with E-state index in [1.54, 1.807) is 56.3 Å². The Labute approximate surface area is 263 Å². The van der Waals surface area contributed by atoms with E-state index in [0.717, 1.165) is 18.6 Å². The number of ether oxygens (including phenoxy) is 5. The molecule has 0 aromatic heterocycles. The van der Waals surface area contributed by atoms with Crippen LogP contribution in [-0.2, 0) is 20.7 Å². The quantitative estimate of drug-likeness (QED) is 0.105. The van der Waals surface area contributed by atoms with E-state index >= 15 is 0 Å². The molecule has 0 bridgehead atoms. The van der Waals surface area contributed by atoms with Gasteiger partial charge in [-0.05, 0) is 106 Å². The molecule has 3 rings (SSSR count). The Bertz CT molecular complexity index is 1550. The summed E-state index contributed by atoms with van der Waals surface area (Å²) in [5.74, 6) is -0.822. The van der Waals surface area contributed by atoms with Crippen molar-refractivity contribution in [1.29, 1.82) is 0 Å². The Balaban J connectivity index is 1.65. The molecule has 0 heterocycles. The lowest BCUT2D eigenvalue weighted by molar-refractivity contribution is -0.154. The van der Waals surface area contributed by atoms with Gasteiger partial charge in [-0.1, -0.05) is 26.5 Å². The minimum Gasteiger partial charge on any atom is -0.488 e. The summed E-state index contributed by atoms with van der Waals surface area (Å²) in [6, 6.07) is 17.3. The summed E-state index contributed by atoms with van der Waals surface area (Å²) in [5.41, 5.74) is -0.187. The van der Waals surface area contributed by atoms with E-state index in [9.17, 15) is 19.2 Å². The lowest BCUT2D eigenvalue weighted by Crippen LogP contribution is -2.40. The number of hydrogen-bond donors (Lipinski definition) is 0. The van der Waals surface area contributed by atoms with E-state index in [0.29, 0.717) is 41.2 Å². The van der Waals surface area contributed by atoms with Crippen LogP contribution in [0.25, 0.3) is 0 Å². The van der Waals surface area contributed by atoms with Crippen molar-refractivity contribution in [1.82, 2.24) is 0 Å². The lowest BCUT2D eigenvalue weighted by Gasteiger charge is -2.34. The van der Waals surface area contributed by atoms with Crippen LogP contribution in [0.5, 0.6) is 23.0 Å². The molecule has 0 atom stereocenters. The van der Waals surface area contributed by atoms with Crippen LogP contribution in [-0.4, -0.2) is 35.1 Å². The van der Waals surface area contributed by atoms with Gasteiger partial charge in [-0.25, -0.2) is 19.2 Å². The van der Waals surface area contributed by atoms with Gasteiger partial charge in [0.25, 0.3) is 0 Å². The average Bonchev–Trinajstić information content (AvgIpc) is 2.98. The molecule has 0 unspecified atom stereocenters. The molecule has 0 aliphatic carbocycles. The number of aryl methyl sites for hydroxylation is 1. The van der Waals surface area contributed by atoms with Crippen molar-refractivity contribution >= 4 is 23.9 Å². The van der Waals surface area contributed by atoms with Gasteiger partial charge >= 0.3 is 23.9 Å². The number of hydrogen-bond acceptors (Lipinski definition) is 9. The molecule has 45 heavy (non-hydrogen) atoms. The van der Waals surface area contributed by atoms with Crippen molar-refractivity contribution in [3.63, 3.8) is 0 Å². The predicted molar refractivity (Wildman–Crippen MR) is 169 cm³/mol. The molecule has 9 nitrogen and oxygen atoms in total. The van der Waals surface area contributed by atoms with E-state index in [1.807, 2.05) is 20.8 Å². The molecule has 0 N–H and O–H groups in total. The standard InChI is InChI=1S/C36H38O9/c1-8-11-26-22-29(20-21-30(26)43-34(40)25-12-16-27(17-13-25)41-31(37)9-2)42-33(39)24-14-18-28(19-15-24)44-35(4,5)23-36(6,7)45-32(38)10-3/h9-10,12-22H,2-3,8,11,23H2,1,4-7H3. The molecule has 0 aliphatic heterocycles. The van der Waals surface area contributed by atoms with Crippen LogP contribution in [0.15, 0.2) is 92.0 Å². The maximum Gasteiger partial charge on any atom is 0.343 e. The third-order valence-electron chi connectivity index (χ3n) is 6.32. The number of esters is 4. The second-order valence-electron chi connectivity index (χ2n) is 11.4. The van der Waals surface area contributed by atoms with Gasteiger partial charge in [-0.3, -0.25) is 0 Å². The normalized spacial score (nSPS) is 11.1. The molecule has 0 saturated heterocycles. The topological polar surface area (TPSA) is 114 Å². The Morgan fingerprint density at radius 3 is 1.76 bits per heavy atom. The summed E-state index contributed by atoms with van der Waals surface area (Å²) in [6.07, 6.45) is 3.92. The smallest absolute Gasteiger partial charge is 0.343 e. The van der Waals surface area contributed by atoms with Gasteiger partial charge in [0, 0.05) is 18.6 Å². The molecule has 0 radical (unpaired) electrons. The maximum absolute atomic E-state index is 12.9. The Morgan fingerprint density at radius 2 is 1.20 bits per heavy atom. The summed E-state index contributed by atoms with van der Waals surface area (Å²) >= 11 is 0. The third-order valence-corrected chi connectivity index (χ3v) is 6.32. The largest absolute Gasteiger partial charge is 0.488 e. The van der Waals surface area contributed by atoms with E-state index < -0.39 is 35.1 Å². The second-order valence-corrected chi connectivity index (χ2v) is 11.4. The molecule has 9 heteroatoms. The molecule has 236 valence electrons. The van der Waals surface area contributed by atoms with E-state index in [1.165, 1.54) is 24.3 Å². The first-order chi connectivity index (χ1) is 21.2. The maximum atomic E-state index is 12.9. The van der Waals surface area contributed by atoms with E-state index in [4.69, 9.17) is 23.7 Å². The van der Waals surface area contributed by atoms with Gasteiger partial charge in [-0.15, -0.1) is 0 Å². The average molecular weight is 615 g/mol. The van der Waals surface area contributed by atoms with Crippen LogP contribution in [0.4, 0.5) is 0 Å². The number of rotatable bonds is 14. The van der Waals surface area contributed by atoms with Gasteiger partial charge in [0.15, 0.2) is 0 Å². The van der Waals surface area contributed by atoms with Crippen molar-refractivity contribution in [3.8, 4) is 23.0 Å². The van der Waals surface area contributed by atoms with Crippen LogP contribution in [0.1, 0.15) is 73.7 Å². The monoisotopic (exact) mass is 614 g/mol. The van der Waals surface area contributed by atoms with Crippen molar-refractivity contribution in [3.05, 3.63) is 109 Å². The molecule has 0 fully saturated rings. The zero-order valence-electron chi connectivity index (χ0n) is 26.2. The molecule has 0 spiro atoms. The minimum atomic E-state index is -0.780. The highest BCUT2D eigenvalue weighted by atomic mass is 16.6. The summed E-state index contributed by atoms with van der Waals surface area (Å²) in [7, 11) is 0. The van der Waals surface area contributed by atoms with Crippen molar-refractivity contribution in [2.75, 3.05) is 0 Å². The minimum absolute atomic E-state index is 0.266. The predicted octanol–water partition coefficient (Wildman–Crippen LogP) is 7.22. The molecule has 0 saturated carbocycles. The number of carbonyl (C=O) groups excluding carboxylic acids is 4. The number of benzene rings is 3. The summed E-state index contributed by atoms with van der Waals surface area (Å²) < 4.78 is 27.8. The van der Waals surface area contributed by atoms with E-state index in [-0.39, 0.29) is 11.3 Å². The van der Waals surface area contributed by atoms with Crippen LogP contribution in [0.3, 0.4) is 0 Å². The first-order valence-corrected chi connectivity index (χ1v) is 14.4. The van der Waals surface area contributed by atoms with Gasteiger partial charge in [0.1, 0.15) is 34.2 Å². The molecule has 0 amide bonds. The van der Waals surface area contributed by atoms with Crippen LogP contribution in [0.2, 0.25) is 0 Å². The van der Waals surface area contributed by atoms with Gasteiger partial charge < -0.3 is 23.7 Å². The zero-order valence-corrected chi connectivity index (χ0v) is 26.2. The highest BCUT2D eigenvalue weighted by Gasteiger charge is 2.33. The molecule has 3 aromatic carbocycles. The third kappa shape index (κ3) is 10.5. The lowest BCUT2D eigenvalue weighted by atomic mass is 9.92. The molecule has 3 aromatic rings. The second kappa shape index (κ2) is 15.0. The highest BCUT2D eigenvalue weighted by molar-refractivity contribution is 5.92. The summed E-state index contributed by atoms with van der Waals surface area (Å²) in [4.78, 5) is 48.7. The van der Waals surface area contributed by atoms with Gasteiger partial charge in [-0.2, -0.15) is 0 Å². The van der Waals surface area contributed by atoms with Crippen LogP contribution < -0.4 is 18.9 Å². The van der Waals surface area contributed by atoms with Crippen molar-refractivity contribution in [2.24, 2.45) is 0 Å². The van der Waals surface area contributed by atoms with Crippen LogP contribution in [0, 0.1) is 0 Å². The van der Waals surface area contributed by atoms with Gasteiger partial charge in [0.05, 0.1) is 11.1 Å². The first kappa shape index (κ1) is 34.3.